The second-order valence-electron chi connectivity index (χ2n) is 8.60. The standard InChI is InChI=1S/C23H40/c1-4-11-22(18-20-12-7-5-6-8-13-20)23(17-16-19(2)3)21-14-9-10-15-21/h4,16,20-23H,1,5-15,17-18H2,2-3H3. The van der Waals surface area contributed by atoms with E-state index < -0.39 is 0 Å². The maximum absolute atomic E-state index is 4.10. The second kappa shape index (κ2) is 10.4. The molecule has 23 heavy (non-hydrogen) atoms. The van der Waals surface area contributed by atoms with Crippen LogP contribution in [0.1, 0.15) is 97.3 Å². The molecular formula is C23H40. The molecule has 2 aliphatic carbocycles. The van der Waals surface area contributed by atoms with Gasteiger partial charge in [-0.2, -0.15) is 0 Å². The quantitative estimate of drug-likeness (QED) is 0.318. The van der Waals surface area contributed by atoms with Crippen molar-refractivity contribution >= 4 is 0 Å². The van der Waals surface area contributed by atoms with Gasteiger partial charge < -0.3 is 0 Å². The van der Waals surface area contributed by atoms with Gasteiger partial charge in [0.15, 0.2) is 0 Å². The summed E-state index contributed by atoms with van der Waals surface area (Å²) in [5, 5.41) is 0. The Bertz CT molecular complexity index is 346. The van der Waals surface area contributed by atoms with Gasteiger partial charge in [-0.1, -0.05) is 81.9 Å². The van der Waals surface area contributed by atoms with Crippen LogP contribution in [0.25, 0.3) is 0 Å². The molecule has 0 heterocycles. The Morgan fingerprint density at radius 2 is 1.52 bits per heavy atom. The van der Waals surface area contributed by atoms with Gasteiger partial charge in [0.05, 0.1) is 0 Å². The molecule has 2 atom stereocenters. The van der Waals surface area contributed by atoms with Crippen molar-refractivity contribution in [3.63, 3.8) is 0 Å². The van der Waals surface area contributed by atoms with E-state index >= 15 is 0 Å². The van der Waals surface area contributed by atoms with Crippen LogP contribution in [0.4, 0.5) is 0 Å². The molecule has 0 radical (unpaired) electrons. The first-order valence-corrected chi connectivity index (χ1v) is 10.4. The average Bonchev–Trinajstić information content (AvgIpc) is 2.92. The van der Waals surface area contributed by atoms with Crippen molar-refractivity contribution in [2.45, 2.75) is 97.3 Å². The maximum atomic E-state index is 4.10. The molecule has 0 aromatic rings. The fourth-order valence-electron chi connectivity index (χ4n) is 5.21. The van der Waals surface area contributed by atoms with E-state index in [1.54, 1.807) is 0 Å². The third kappa shape index (κ3) is 6.48. The molecule has 0 amide bonds. The van der Waals surface area contributed by atoms with Gasteiger partial charge in [-0.05, 0) is 56.8 Å². The first-order valence-electron chi connectivity index (χ1n) is 10.4. The molecule has 0 heteroatoms. The van der Waals surface area contributed by atoms with Crippen molar-refractivity contribution in [3.8, 4) is 0 Å². The smallest absolute Gasteiger partial charge is 0.0314 e. The molecule has 0 N–H and O–H groups in total. The zero-order valence-corrected chi connectivity index (χ0v) is 15.9. The second-order valence-corrected chi connectivity index (χ2v) is 8.60. The summed E-state index contributed by atoms with van der Waals surface area (Å²) in [7, 11) is 0. The third-order valence-electron chi connectivity index (χ3n) is 6.49. The highest BCUT2D eigenvalue weighted by atomic mass is 14.4. The number of rotatable bonds is 8. The van der Waals surface area contributed by atoms with Crippen LogP contribution in [-0.4, -0.2) is 0 Å². The predicted octanol–water partition coefficient (Wildman–Crippen LogP) is 7.70. The van der Waals surface area contributed by atoms with Gasteiger partial charge in [0, 0.05) is 0 Å². The topological polar surface area (TPSA) is 0 Å². The van der Waals surface area contributed by atoms with E-state index in [4.69, 9.17) is 0 Å². The summed E-state index contributed by atoms with van der Waals surface area (Å²) in [6.07, 6.45) is 23.6. The minimum Gasteiger partial charge on any atom is -0.103 e. The first kappa shape index (κ1) is 18.8. The van der Waals surface area contributed by atoms with E-state index in [0.29, 0.717) is 0 Å². The van der Waals surface area contributed by atoms with Gasteiger partial charge >= 0.3 is 0 Å². The molecule has 2 unspecified atom stereocenters. The molecule has 0 saturated heterocycles. The summed E-state index contributed by atoms with van der Waals surface area (Å²) in [5.41, 5.74) is 1.50. The van der Waals surface area contributed by atoms with Crippen molar-refractivity contribution in [1.82, 2.24) is 0 Å². The van der Waals surface area contributed by atoms with Crippen LogP contribution in [0.3, 0.4) is 0 Å². The number of allylic oxidation sites excluding steroid dienone is 3. The largest absolute Gasteiger partial charge is 0.103 e. The highest BCUT2D eigenvalue weighted by molar-refractivity contribution is 4.97. The molecule has 0 spiro atoms. The maximum Gasteiger partial charge on any atom is -0.0314 e. The zero-order chi connectivity index (χ0) is 16.5. The summed E-state index contributed by atoms with van der Waals surface area (Å²) in [5.74, 6) is 3.78. The SMILES string of the molecule is C=CCC(CC1CCCCCC1)C(CC=C(C)C)C1CCCC1. The summed E-state index contributed by atoms with van der Waals surface area (Å²) in [6.45, 7) is 8.63. The summed E-state index contributed by atoms with van der Waals surface area (Å²) >= 11 is 0. The fourth-order valence-corrected chi connectivity index (χ4v) is 5.21. The van der Waals surface area contributed by atoms with Crippen molar-refractivity contribution in [1.29, 1.82) is 0 Å². The summed E-state index contributed by atoms with van der Waals surface area (Å²) in [6, 6.07) is 0. The van der Waals surface area contributed by atoms with Crippen molar-refractivity contribution in [3.05, 3.63) is 24.3 Å². The lowest BCUT2D eigenvalue weighted by Crippen LogP contribution is -2.24. The van der Waals surface area contributed by atoms with Crippen LogP contribution in [-0.2, 0) is 0 Å². The minimum atomic E-state index is 0.884. The molecule has 132 valence electrons. The third-order valence-corrected chi connectivity index (χ3v) is 6.49. The molecule has 0 aromatic heterocycles. The molecule has 0 nitrogen and oxygen atoms in total. The van der Waals surface area contributed by atoms with Gasteiger partial charge in [0.2, 0.25) is 0 Å². The fraction of sp³-hybridized carbons (Fsp3) is 0.826. The Kier molecular flexibility index (Phi) is 8.48. The molecule has 0 aromatic carbocycles. The van der Waals surface area contributed by atoms with Crippen LogP contribution < -0.4 is 0 Å². The highest BCUT2D eigenvalue weighted by Gasteiger charge is 2.31. The van der Waals surface area contributed by atoms with Crippen molar-refractivity contribution in [2.75, 3.05) is 0 Å². The van der Waals surface area contributed by atoms with E-state index in [0.717, 1.165) is 23.7 Å². The van der Waals surface area contributed by atoms with E-state index in [2.05, 4.69) is 32.6 Å². The average molecular weight is 317 g/mol. The van der Waals surface area contributed by atoms with Gasteiger partial charge in [-0.25, -0.2) is 0 Å². The summed E-state index contributed by atoms with van der Waals surface area (Å²) < 4.78 is 0. The Hall–Kier alpha value is -0.520. The Morgan fingerprint density at radius 1 is 0.913 bits per heavy atom. The van der Waals surface area contributed by atoms with Gasteiger partial charge in [0.25, 0.3) is 0 Å². The molecule has 0 bridgehead atoms. The van der Waals surface area contributed by atoms with E-state index in [-0.39, 0.29) is 0 Å². The van der Waals surface area contributed by atoms with Gasteiger partial charge in [0.1, 0.15) is 0 Å². The van der Waals surface area contributed by atoms with Gasteiger partial charge in [-0.3, -0.25) is 0 Å². The monoisotopic (exact) mass is 316 g/mol. The van der Waals surface area contributed by atoms with Crippen LogP contribution in [0.5, 0.6) is 0 Å². The van der Waals surface area contributed by atoms with Crippen molar-refractivity contribution < 1.29 is 0 Å². The van der Waals surface area contributed by atoms with Crippen molar-refractivity contribution in [2.24, 2.45) is 23.7 Å². The lowest BCUT2D eigenvalue weighted by Gasteiger charge is -2.33. The van der Waals surface area contributed by atoms with Crippen LogP contribution >= 0.6 is 0 Å². The molecule has 0 aliphatic heterocycles. The Balaban J connectivity index is 2.04. The molecule has 2 rings (SSSR count). The number of hydrogen-bond donors (Lipinski definition) is 0. The highest BCUT2D eigenvalue weighted by Crippen LogP contribution is 2.42. The predicted molar refractivity (Wildman–Crippen MR) is 104 cm³/mol. The lowest BCUT2D eigenvalue weighted by molar-refractivity contribution is 0.188. The van der Waals surface area contributed by atoms with Crippen LogP contribution in [0, 0.1) is 23.7 Å². The normalized spacial score (nSPS) is 23.2. The Labute approximate surface area is 145 Å². The van der Waals surface area contributed by atoms with Crippen LogP contribution in [0.2, 0.25) is 0 Å². The first-order chi connectivity index (χ1) is 11.2. The molecule has 2 saturated carbocycles. The zero-order valence-electron chi connectivity index (χ0n) is 15.9. The number of hydrogen-bond acceptors (Lipinski definition) is 0. The molecular weight excluding hydrogens is 276 g/mol. The lowest BCUT2D eigenvalue weighted by atomic mass is 9.72. The van der Waals surface area contributed by atoms with Gasteiger partial charge in [-0.15, -0.1) is 6.58 Å². The van der Waals surface area contributed by atoms with E-state index in [1.807, 2.05) is 0 Å². The Morgan fingerprint density at radius 3 is 2.09 bits per heavy atom. The molecule has 2 fully saturated rings. The molecule has 2 aliphatic rings. The van der Waals surface area contributed by atoms with Crippen LogP contribution in [0.15, 0.2) is 24.3 Å². The van der Waals surface area contributed by atoms with E-state index in [9.17, 15) is 0 Å². The van der Waals surface area contributed by atoms with E-state index in [1.165, 1.54) is 89.0 Å². The minimum absolute atomic E-state index is 0.884. The summed E-state index contributed by atoms with van der Waals surface area (Å²) in [4.78, 5) is 0.